The van der Waals surface area contributed by atoms with E-state index in [2.05, 4.69) is 32.3 Å². The zero-order valence-corrected chi connectivity index (χ0v) is 31.5. The summed E-state index contributed by atoms with van der Waals surface area (Å²) in [5.74, 6) is -12.1. The van der Waals surface area contributed by atoms with Gasteiger partial charge in [0.25, 0.3) is 5.91 Å². The van der Waals surface area contributed by atoms with Gasteiger partial charge in [0.05, 0.1) is 38.4 Å². The number of hydrogen-bond donors (Lipinski definition) is 15. The van der Waals surface area contributed by atoms with E-state index < -0.39 is 159 Å². The Morgan fingerprint density at radius 3 is 1.40 bits per heavy atom. The van der Waals surface area contributed by atoms with Gasteiger partial charge in [0.1, 0.15) is 48.6 Å². The molecule has 0 saturated heterocycles. The fraction of sp³-hybridized carbons (Fsp3) is 0.645. The molecule has 0 rings (SSSR count). The third kappa shape index (κ3) is 18.6. The molecule has 0 fully saturated rings. The number of carboxylic acids is 2. The maximum atomic E-state index is 13.2. The van der Waals surface area contributed by atoms with Crippen molar-refractivity contribution in [3.63, 3.8) is 0 Å². The molecule has 8 amide bonds. The predicted octanol–water partition coefficient (Wildman–Crippen LogP) is -9.57. The van der Waals surface area contributed by atoms with Crippen molar-refractivity contribution in [2.45, 2.75) is 108 Å². The van der Waals surface area contributed by atoms with E-state index in [4.69, 9.17) is 5.11 Å². The van der Waals surface area contributed by atoms with Crippen LogP contribution in [0.1, 0.15) is 47.0 Å². The Hall–Kier alpha value is -5.83. The summed E-state index contributed by atoms with van der Waals surface area (Å²) in [5, 5.41) is 74.9. The highest BCUT2D eigenvalue weighted by atomic mass is 16.4. The summed E-state index contributed by atoms with van der Waals surface area (Å²) in [6.07, 6.45) is -5.34. The highest BCUT2D eigenvalue weighted by Gasteiger charge is 2.36. The number of rotatable bonds is 26. The Morgan fingerprint density at radius 1 is 0.544 bits per heavy atom. The normalized spacial score (nSPS) is 16.1. The minimum absolute atomic E-state index is 0.314. The van der Waals surface area contributed by atoms with Crippen molar-refractivity contribution in [3.8, 4) is 0 Å². The number of amides is 8. The molecular weight excluding hydrogens is 770 g/mol. The molecule has 57 heavy (non-hydrogen) atoms. The predicted molar refractivity (Wildman–Crippen MR) is 187 cm³/mol. The van der Waals surface area contributed by atoms with E-state index in [0.717, 1.165) is 20.8 Å². The minimum atomic E-state index is -1.98. The summed E-state index contributed by atoms with van der Waals surface area (Å²) in [4.78, 5) is 135. The van der Waals surface area contributed by atoms with Gasteiger partial charge in [-0.3, -0.25) is 47.9 Å². The first-order chi connectivity index (χ1) is 26.5. The molecule has 0 spiro atoms. The highest BCUT2D eigenvalue weighted by molar-refractivity contribution is 5.98. The molecule has 10 atom stereocenters. The zero-order chi connectivity index (χ0) is 44.2. The molecule has 322 valence electrons. The fourth-order valence-electron chi connectivity index (χ4n) is 4.41. The van der Waals surface area contributed by atoms with Gasteiger partial charge in [-0.25, -0.2) is 0 Å². The summed E-state index contributed by atoms with van der Waals surface area (Å²) in [7, 11) is 0. The van der Waals surface area contributed by atoms with Crippen molar-refractivity contribution < 1.29 is 89.1 Å². The first-order valence-corrected chi connectivity index (χ1v) is 17.2. The van der Waals surface area contributed by atoms with E-state index in [1.807, 2.05) is 16.0 Å². The molecule has 0 unspecified atom stereocenters. The van der Waals surface area contributed by atoms with Crippen LogP contribution in [0.2, 0.25) is 0 Å². The average molecular weight is 823 g/mol. The highest BCUT2D eigenvalue weighted by Crippen LogP contribution is 2.04. The van der Waals surface area contributed by atoms with Gasteiger partial charge in [-0.1, -0.05) is 0 Å². The Bertz CT molecular complexity index is 1480. The van der Waals surface area contributed by atoms with E-state index in [0.29, 0.717) is 6.29 Å². The van der Waals surface area contributed by atoms with Crippen LogP contribution < -0.4 is 48.3 Å². The van der Waals surface area contributed by atoms with Gasteiger partial charge in [-0.05, 0) is 34.1 Å². The number of quaternary nitrogens is 1. The maximum absolute atomic E-state index is 13.2. The van der Waals surface area contributed by atoms with E-state index in [1.54, 1.807) is 0 Å². The van der Waals surface area contributed by atoms with Gasteiger partial charge in [-0.2, -0.15) is 0 Å². The van der Waals surface area contributed by atoms with E-state index in [-0.39, 0.29) is 0 Å². The van der Waals surface area contributed by atoms with Crippen molar-refractivity contribution in [2.24, 2.45) is 0 Å². The van der Waals surface area contributed by atoms with Crippen LogP contribution in [-0.4, -0.2) is 176 Å². The number of hydrogen-bond acceptors (Lipinski definition) is 15. The quantitative estimate of drug-likeness (QED) is 0.0360. The van der Waals surface area contributed by atoms with Crippen molar-refractivity contribution >= 4 is 65.5 Å². The molecule has 0 bridgehead atoms. The van der Waals surface area contributed by atoms with Crippen molar-refractivity contribution in [1.82, 2.24) is 42.5 Å². The SMILES string of the molecule is C[C@H]([NH3+])C(=O)N[C@@H](CO)C(=O)N[C@@H](C)C(=O)N[C@@H](CC(=O)O)C(=O)N[C@@H](CO)C(=O)N[C@H](C(=O)N[C@H](C(=O)N[C@@H](CCC(=O)O)C(=O)NCC=O)[C@@H](C)O)[C@@H](C)O. The van der Waals surface area contributed by atoms with Gasteiger partial charge in [0.15, 0.2) is 6.04 Å². The molecule has 0 aromatic rings. The lowest BCUT2D eigenvalue weighted by molar-refractivity contribution is -0.398. The monoisotopic (exact) mass is 822 g/mol. The lowest BCUT2D eigenvalue weighted by atomic mass is 10.1. The molecule has 26 heteroatoms. The molecule has 0 aromatic carbocycles. The molecular formula is C31H52N9O17+. The lowest BCUT2D eigenvalue weighted by Crippen LogP contribution is -2.68. The molecule has 0 saturated carbocycles. The second-order valence-corrected chi connectivity index (χ2v) is 12.6. The van der Waals surface area contributed by atoms with Crippen molar-refractivity contribution in [3.05, 3.63) is 0 Å². The van der Waals surface area contributed by atoms with Crippen LogP contribution in [0.5, 0.6) is 0 Å². The van der Waals surface area contributed by atoms with Gasteiger partial charge in [0, 0.05) is 6.42 Å². The van der Waals surface area contributed by atoms with Crippen LogP contribution in [0.15, 0.2) is 0 Å². The summed E-state index contributed by atoms with van der Waals surface area (Å²) in [6, 6.07) is -13.1. The third-order valence-corrected chi connectivity index (χ3v) is 7.61. The summed E-state index contributed by atoms with van der Waals surface area (Å²) in [5.41, 5.74) is 3.47. The van der Waals surface area contributed by atoms with Crippen LogP contribution in [0.4, 0.5) is 0 Å². The Kier molecular flexibility index (Phi) is 22.8. The Morgan fingerprint density at radius 2 is 0.965 bits per heavy atom. The Balaban J connectivity index is 5.91. The number of carboxylic acid groups (broad SMARTS) is 2. The van der Waals surface area contributed by atoms with E-state index in [9.17, 15) is 78.3 Å². The topological polar surface area (TPSA) is 433 Å². The zero-order valence-electron chi connectivity index (χ0n) is 31.5. The fourth-order valence-corrected chi connectivity index (χ4v) is 4.41. The van der Waals surface area contributed by atoms with Gasteiger partial charge in [-0.15, -0.1) is 0 Å². The maximum Gasteiger partial charge on any atom is 0.305 e. The molecule has 17 N–H and O–H groups in total. The molecule has 0 radical (unpaired) electrons. The lowest BCUT2D eigenvalue weighted by Gasteiger charge is -2.28. The van der Waals surface area contributed by atoms with Gasteiger partial charge in [0.2, 0.25) is 41.4 Å². The van der Waals surface area contributed by atoms with E-state index in [1.165, 1.54) is 6.92 Å². The largest absolute Gasteiger partial charge is 0.481 e. The van der Waals surface area contributed by atoms with Crippen LogP contribution in [0.3, 0.4) is 0 Å². The first kappa shape index (κ1) is 51.2. The van der Waals surface area contributed by atoms with Crippen LogP contribution in [-0.2, 0) is 52.7 Å². The molecule has 26 nitrogen and oxygen atoms in total. The average Bonchev–Trinajstić information content (AvgIpc) is 3.12. The van der Waals surface area contributed by atoms with Gasteiger partial charge < -0.3 is 83.7 Å². The number of aliphatic hydroxyl groups is 4. The summed E-state index contributed by atoms with van der Waals surface area (Å²) >= 11 is 0. The van der Waals surface area contributed by atoms with Crippen LogP contribution in [0, 0.1) is 0 Å². The number of carbonyl (C=O) groups excluding carboxylic acids is 9. The Labute approximate surface area is 324 Å². The molecule has 0 aliphatic carbocycles. The van der Waals surface area contributed by atoms with Gasteiger partial charge >= 0.3 is 11.9 Å². The van der Waals surface area contributed by atoms with Crippen molar-refractivity contribution in [1.29, 1.82) is 0 Å². The molecule has 0 aliphatic rings. The second-order valence-electron chi connectivity index (χ2n) is 12.6. The third-order valence-electron chi connectivity index (χ3n) is 7.61. The number of nitrogens with one attached hydrogen (secondary N) is 8. The number of aliphatic hydroxyl groups excluding tert-OH is 4. The standard InChI is InChI=1S/C31H51N9O17/c1-12(32)24(50)37-18(10-42)28(54)34-13(2)25(51)36-17(9-21(48)49)27(53)38-19(11-43)29(55)39-23(15(4)45)31(57)40-22(14(3)44)30(56)35-16(5-6-20(46)47)26(52)33-7-8-41/h8,12-19,22-23,42-45H,5-7,9-11,32H2,1-4H3,(H,33,52)(H,34,54)(H,35,56)(H,36,51)(H,37,50)(H,38,53)(H,39,55)(H,40,57)(H,46,47)(H,48,49)/p+1/t12-,13-,14+,15+,16-,17-,18-,19-,22-,23-/m0/s1. The number of aldehydes is 1. The number of carbonyl (C=O) groups is 11. The molecule has 0 aromatic heterocycles. The number of aliphatic carboxylic acids is 2. The summed E-state index contributed by atoms with van der Waals surface area (Å²) < 4.78 is 0. The first-order valence-electron chi connectivity index (χ1n) is 17.2. The molecule has 0 heterocycles. The smallest absolute Gasteiger partial charge is 0.305 e. The van der Waals surface area contributed by atoms with Crippen LogP contribution >= 0.6 is 0 Å². The minimum Gasteiger partial charge on any atom is -0.481 e. The summed E-state index contributed by atoms with van der Waals surface area (Å²) in [6.45, 7) is 2.01. The van der Waals surface area contributed by atoms with Crippen LogP contribution in [0.25, 0.3) is 0 Å². The van der Waals surface area contributed by atoms with E-state index >= 15 is 0 Å². The second kappa shape index (κ2) is 25.4. The van der Waals surface area contributed by atoms with Crippen molar-refractivity contribution in [2.75, 3.05) is 19.8 Å². The molecule has 0 aliphatic heterocycles.